The van der Waals surface area contributed by atoms with E-state index in [1.54, 1.807) is 65.8 Å². The number of rotatable bonds is 6. The minimum Gasteiger partial charge on any atom is -0.508 e. The third kappa shape index (κ3) is 7.89. The summed E-state index contributed by atoms with van der Waals surface area (Å²) >= 11 is 6.32. The first kappa shape index (κ1) is 28.0. The van der Waals surface area contributed by atoms with Gasteiger partial charge in [-0.05, 0) is 77.8 Å². The van der Waals surface area contributed by atoms with E-state index in [1.165, 1.54) is 17.0 Å². The summed E-state index contributed by atoms with van der Waals surface area (Å²) in [6.07, 6.45) is -0.739. The second-order valence-corrected chi connectivity index (χ2v) is 10.6. The molecule has 2 aromatic carbocycles. The molecule has 0 spiro atoms. The molecule has 0 heterocycles. The number of phenolic OH excluding ortho intramolecular Hbond substituents is 1. The number of carbonyl (C=O) groups excluding carboxylic acids is 3. The van der Waals surface area contributed by atoms with Crippen molar-refractivity contribution >= 4 is 35.2 Å². The molecule has 0 aromatic heterocycles. The van der Waals surface area contributed by atoms with Gasteiger partial charge in [0.1, 0.15) is 23.9 Å². The molecule has 0 radical (unpaired) electrons. The fourth-order valence-corrected chi connectivity index (χ4v) is 3.78. The number of aromatic hydroxyl groups is 1. The molecular weight excluding hydrogens is 470 g/mol. The molecule has 3 amide bonds. The van der Waals surface area contributed by atoms with Gasteiger partial charge in [-0.1, -0.05) is 35.9 Å². The van der Waals surface area contributed by atoms with Gasteiger partial charge in [-0.15, -0.1) is 0 Å². The van der Waals surface area contributed by atoms with Crippen molar-refractivity contribution in [2.45, 2.75) is 65.6 Å². The molecular formula is C26H34ClN3O5. The summed E-state index contributed by atoms with van der Waals surface area (Å²) in [7, 11) is 0. The topological polar surface area (TPSA) is 108 Å². The maximum absolute atomic E-state index is 13.7. The number of carbonyl (C=O) groups is 3. The molecule has 2 aromatic rings. The molecule has 0 saturated carbocycles. The maximum Gasteiger partial charge on any atom is 0.408 e. The van der Waals surface area contributed by atoms with Crippen LogP contribution < -0.4 is 10.6 Å². The Kier molecular flexibility index (Phi) is 8.79. The summed E-state index contributed by atoms with van der Waals surface area (Å²) in [6, 6.07) is 10.2. The van der Waals surface area contributed by atoms with Crippen molar-refractivity contribution in [1.29, 1.82) is 0 Å². The number of para-hydroxylation sites is 1. The number of alkyl carbamates (subject to hydrolysis) is 1. The Morgan fingerprint density at radius 1 is 1.03 bits per heavy atom. The number of amides is 3. The Labute approximate surface area is 211 Å². The van der Waals surface area contributed by atoms with Crippen LogP contribution in [0, 0.1) is 6.92 Å². The van der Waals surface area contributed by atoms with Crippen molar-refractivity contribution in [2.24, 2.45) is 0 Å². The van der Waals surface area contributed by atoms with E-state index in [-0.39, 0.29) is 12.3 Å². The lowest BCUT2D eigenvalue weighted by Crippen LogP contribution is -2.54. The van der Waals surface area contributed by atoms with Crippen LogP contribution in [-0.2, 0) is 14.3 Å². The molecule has 0 aliphatic carbocycles. The Balaban J connectivity index is 2.45. The van der Waals surface area contributed by atoms with Gasteiger partial charge in [0.25, 0.3) is 5.91 Å². The van der Waals surface area contributed by atoms with Crippen LogP contribution in [0.4, 0.5) is 10.5 Å². The third-order valence-corrected chi connectivity index (χ3v) is 5.27. The standard InChI is InChI=1S/C26H34ClN3O5/c1-16-9-8-10-19(27)21(16)29-23(33)22(17-11-13-18(31)14-12-17)30(25(2,3)4)20(32)15-28-24(34)35-26(5,6)7/h8-14,22,31H,15H2,1-7H3,(H,28,34)(H,29,33). The van der Waals surface area contributed by atoms with Gasteiger partial charge < -0.3 is 25.4 Å². The van der Waals surface area contributed by atoms with Crippen molar-refractivity contribution in [2.75, 3.05) is 11.9 Å². The third-order valence-electron chi connectivity index (χ3n) is 4.96. The molecule has 190 valence electrons. The largest absolute Gasteiger partial charge is 0.508 e. The highest BCUT2D eigenvalue weighted by Gasteiger charge is 2.39. The smallest absolute Gasteiger partial charge is 0.408 e. The van der Waals surface area contributed by atoms with Gasteiger partial charge in [-0.25, -0.2) is 4.79 Å². The van der Waals surface area contributed by atoms with Gasteiger partial charge in [-0.3, -0.25) is 9.59 Å². The Morgan fingerprint density at radius 2 is 1.63 bits per heavy atom. The van der Waals surface area contributed by atoms with Crippen LogP contribution in [0.5, 0.6) is 5.75 Å². The molecule has 0 saturated heterocycles. The molecule has 1 atom stereocenters. The SMILES string of the molecule is Cc1cccc(Cl)c1NC(=O)C(c1ccc(O)cc1)N(C(=O)CNC(=O)OC(C)(C)C)C(C)(C)C. The first-order chi connectivity index (χ1) is 16.1. The second-order valence-electron chi connectivity index (χ2n) is 10.2. The van der Waals surface area contributed by atoms with E-state index in [2.05, 4.69) is 10.6 Å². The summed E-state index contributed by atoms with van der Waals surface area (Å²) in [5.74, 6) is -0.963. The van der Waals surface area contributed by atoms with Crippen LogP contribution in [0.15, 0.2) is 42.5 Å². The van der Waals surface area contributed by atoms with Crippen molar-refractivity contribution < 1.29 is 24.2 Å². The minimum absolute atomic E-state index is 0.0232. The number of anilines is 1. The van der Waals surface area contributed by atoms with Crippen molar-refractivity contribution in [3.05, 3.63) is 58.6 Å². The Bertz CT molecular complexity index is 1050. The number of benzene rings is 2. The highest BCUT2D eigenvalue weighted by atomic mass is 35.5. The zero-order chi connectivity index (χ0) is 26.6. The highest BCUT2D eigenvalue weighted by molar-refractivity contribution is 6.34. The molecule has 0 aliphatic heterocycles. The summed E-state index contributed by atoms with van der Waals surface area (Å²) in [4.78, 5) is 40.7. The second kappa shape index (κ2) is 11.0. The first-order valence-corrected chi connectivity index (χ1v) is 11.6. The monoisotopic (exact) mass is 503 g/mol. The average molecular weight is 504 g/mol. The van der Waals surface area contributed by atoms with E-state index in [0.717, 1.165) is 5.56 Å². The van der Waals surface area contributed by atoms with Gasteiger partial charge in [0.15, 0.2) is 0 Å². The maximum atomic E-state index is 13.7. The Hall–Kier alpha value is -3.26. The van der Waals surface area contributed by atoms with E-state index in [9.17, 15) is 19.5 Å². The van der Waals surface area contributed by atoms with Crippen molar-refractivity contribution in [3.63, 3.8) is 0 Å². The summed E-state index contributed by atoms with van der Waals surface area (Å²) in [5.41, 5.74) is 0.137. The van der Waals surface area contributed by atoms with Crippen LogP contribution in [0.3, 0.4) is 0 Å². The van der Waals surface area contributed by atoms with Crippen molar-refractivity contribution in [3.8, 4) is 5.75 Å². The quantitative estimate of drug-likeness (QED) is 0.503. The van der Waals surface area contributed by atoms with E-state index < -0.39 is 35.1 Å². The molecule has 3 N–H and O–H groups in total. The molecule has 35 heavy (non-hydrogen) atoms. The predicted molar refractivity (Wildman–Crippen MR) is 137 cm³/mol. The fourth-order valence-electron chi connectivity index (χ4n) is 3.51. The molecule has 0 aliphatic rings. The highest BCUT2D eigenvalue weighted by Crippen LogP contribution is 2.33. The first-order valence-electron chi connectivity index (χ1n) is 11.2. The van der Waals surface area contributed by atoms with Gasteiger partial charge >= 0.3 is 6.09 Å². The van der Waals surface area contributed by atoms with Crippen LogP contribution in [0.25, 0.3) is 0 Å². The van der Waals surface area contributed by atoms with Gasteiger partial charge in [0, 0.05) is 5.54 Å². The lowest BCUT2D eigenvalue weighted by Gasteiger charge is -2.41. The van der Waals surface area contributed by atoms with E-state index in [4.69, 9.17) is 16.3 Å². The fraction of sp³-hybridized carbons (Fsp3) is 0.423. The van der Waals surface area contributed by atoms with Crippen molar-refractivity contribution in [1.82, 2.24) is 10.2 Å². The molecule has 1 unspecified atom stereocenters. The number of hydrogen-bond donors (Lipinski definition) is 3. The van der Waals surface area contributed by atoms with Gasteiger partial charge in [-0.2, -0.15) is 0 Å². The van der Waals surface area contributed by atoms with Crippen LogP contribution in [0.1, 0.15) is 58.7 Å². The normalized spacial score (nSPS) is 12.5. The molecule has 0 fully saturated rings. The van der Waals surface area contributed by atoms with Gasteiger partial charge in [0.05, 0.1) is 10.7 Å². The lowest BCUT2D eigenvalue weighted by atomic mass is 9.96. The molecule has 9 heteroatoms. The van der Waals surface area contributed by atoms with Crippen LogP contribution in [-0.4, -0.2) is 45.6 Å². The van der Waals surface area contributed by atoms with E-state index >= 15 is 0 Å². The Morgan fingerprint density at radius 3 is 2.14 bits per heavy atom. The predicted octanol–water partition coefficient (Wildman–Crippen LogP) is 5.19. The number of phenols is 1. The van der Waals surface area contributed by atoms with Crippen LogP contribution >= 0.6 is 11.6 Å². The van der Waals surface area contributed by atoms with E-state index in [0.29, 0.717) is 16.3 Å². The summed E-state index contributed by atoms with van der Waals surface area (Å²) < 4.78 is 5.22. The zero-order valence-corrected chi connectivity index (χ0v) is 22.0. The van der Waals surface area contributed by atoms with Crippen LogP contribution in [0.2, 0.25) is 5.02 Å². The average Bonchev–Trinajstić information content (AvgIpc) is 2.71. The number of nitrogens with one attached hydrogen (secondary N) is 2. The summed E-state index contributed by atoms with van der Waals surface area (Å²) in [5, 5.41) is 15.5. The minimum atomic E-state index is -1.08. The number of ether oxygens (including phenoxy) is 1. The molecule has 2 rings (SSSR count). The number of hydrogen-bond acceptors (Lipinski definition) is 5. The van der Waals surface area contributed by atoms with E-state index in [1.807, 2.05) is 13.0 Å². The molecule has 8 nitrogen and oxygen atoms in total. The molecule has 0 bridgehead atoms. The zero-order valence-electron chi connectivity index (χ0n) is 21.2. The number of halogens is 1. The summed E-state index contributed by atoms with van der Waals surface area (Å²) in [6.45, 7) is 12.0. The van der Waals surface area contributed by atoms with Gasteiger partial charge in [0.2, 0.25) is 5.91 Å². The lowest BCUT2D eigenvalue weighted by molar-refractivity contribution is -0.144. The number of aryl methyl sites for hydroxylation is 1. The number of nitrogens with zero attached hydrogens (tertiary/aromatic N) is 1.